The molecule has 0 spiro atoms. The smallest absolute Gasteiger partial charge is 0.239 e. The number of carbonyl (C=O) groups is 1. The van der Waals surface area contributed by atoms with Crippen molar-refractivity contribution in [3.05, 3.63) is 54.3 Å². The van der Waals surface area contributed by atoms with E-state index in [4.69, 9.17) is 13.7 Å². The normalized spacial score (nSPS) is 11.9. The van der Waals surface area contributed by atoms with Crippen molar-refractivity contribution in [2.45, 2.75) is 12.3 Å². The van der Waals surface area contributed by atoms with Crippen molar-refractivity contribution in [1.82, 2.24) is 15.5 Å². The maximum Gasteiger partial charge on any atom is 0.239 e. The Balaban J connectivity index is 1.53. The minimum atomic E-state index is -1.46. The van der Waals surface area contributed by atoms with Crippen molar-refractivity contribution in [3.8, 4) is 17.1 Å². The monoisotopic (exact) mass is 375 g/mol. The van der Waals surface area contributed by atoms with Gasteiger partial charge in [-0.05, 0) is 24.3 Å². The van der Waals surface area contributed by atoms with Crippen LogP contribution in [-0.4, -0.2) is 33.1 Å². The summed E-state index contributed by atoms with van der Waals surface area (Å²) >= 11 is 0. The molecule has 0 aliphatic carbocycles. The molecule has 0 aliphatic heterocycles. The van der Waals surface area contributed by atoms with Gasteiger partial charge in [-0.3, -0.25) is 9.00 Å². The van der Waals surface area contributed by atoms with Crippen molar-refractivity contribution in [2.24, 2.45) is 0 Å². The second-order valence-electron chi connectivity index (χ2n) is 5.33. The second-order valence-corrected chi connectivity index (χ2v) is 6.79. The summed E-state index contributed by atoms with van der Waals surface area (Å²) in [5, 5.41) is 6.51. The van der Waals surface area contributed by atoms with Crippen LogP contribution in [0.25, 0.3) is 11.4 Å². The van der Waals surface area contributed by atoms with Gasteiger partial charge in [-0.25, -0.2) is 0 Å². The molecule has 26 heavy (non-hydrogen) atoms. The molecule has 0 aliphatic rings. The Kier molecular flexibility index (Phi) is 5.80. The number of ether oxygens (including phenoxy) is 1. The molecule has 0 saturated heterocycles. The van der Waals surface area contributed by atoms with Crippen LogP contribution in [0.15, 0.2) is 51.6 Å². The number of methoxy groups -OCH3 is 1. The fourth-order valence-electron chi connectivity index (χ4n) is 2.18. The molecule has 2 aromatic heterocycles. The predicted molar refractivity (Wildman–Crippen MR) is 93.6 cm³/mol. The Morgan fingerprint density at radius 3 is 2.96 bits per heavy atom. The highest BCUT2D eigenvalue weighted by Gasteiger charge is 2.15. The van der Waals surface area contributed by atoms with E-state index in [1.165, 1.54) is 6.26 Å². The summed E-state index contributed by atoms with van der Waals surface area (Å²) in [5.74, 6) is 1.39. The molecule has 0 bridgehead atoms. The molecular weight excluding hydrogens is 358 g/mol. The zero-order chi connectivity index (χ0) is 18.4. The molecule has 1 atom stereocenters. The fraction of sp³-hybridized carbons (Fsp3) is 0.235. The zero-order valence-corrected chi connectivity index (χ0v) is 14.8. The first-order valence-corrected chi connectivity index (χ1v) is 9.24. The Morgan fingerprint density at radius 2 is 2.19 bits per heavy atom. The first kappa shape index (κ1) is 17.9. The quantitative estimate of drug-likeness (QED) is 0.641. The van der Waals surface area contributed by atoms with Gasteiger partial charge >= 0.3 is 0 Å². The van der Waals surface area contributed by atoms with E-state index >= 15 is 0 Å². The molecule has 0 radical (unpaired) electrons. The largest absolute Gasteiger partial charge is 0.497 e. The molecule has 1 unspecified atom stereocenters. The summed E-state index contributed by atoms with van der Waals surface area (Å²) in [7, 11) is 0.108. The van der Waals surface area contributed by atoms with Crippen LogP contribution in [0.3, 0.4) is 0 Å². The Hall–Kier alpha value is -2.94. The molecular formula is C17H17N3O5S. The molecule has 3 aromatic rings. The van der Waals surface area contributed by atoms with Gasteiger partial charge in [0.25, 0.3) is 0 Å². The fourth-order valence-corrected chi connectivity index (χ4v) is 3.07. The van der Waals surface area contributed by atoms with Gasteiger partial charge in [0.15, 0.2) is 0 Å². The highest BCUT2D eigenvalue weighted by Crippen LogP contribution is 2.21. The number of hydrogen-bond acceptors (Lipinski definition) is 7. The van der Waals surface area contributed by atoms with Gasteiger partial charge in [0.2, 0.25) is 17.6 Å². The van der Waals surface area contributed by atoms with E-state index in [2.05, 4.69) is 15.5 Å². The summed E-state index contributed by atoms with van der Waals surface area (Å²) in [4.78, 5) is 16.0. The second kappa shape index (κ2) is 8.43. The molecule has 9 heteroatoms. The average molecular weight is 375 g/mol. The molecule has 0 fully saturated rings. The Labute approximate surface area is 152 Å². The molecule has 0 saturated carbocycles. The maximum atomic E-state index is 12.1. The third-order valence-corrected chi connectivity index (χ3v) is 4.57. The van der Waals surface area contributed by atoms with E-state index in [1.807, 2.05) is 12.1 Å². The highest BCUT2D eigenvalue weighted by atomic mass is 32.2. The van der Waals surface area contributed by atoms with Gasteiger partial charge in [0.1, 0.15) is 23.0 Å². The third-order valence-electron chi connectivity index (χ3n) is 3.41. The predicted octanol–water partition coefficient (Wildman–Crippen LogP) is 1.90. The van der Waals surface area contributed by atoms with Crippen molar-refractivity contribution >= 4 is 16.7 Å². The Bertz CT molecular complexity index is 891. The van der Waals surface area contributed by atoms with Gasteiger partial charge in [-0.15, -0.1) is 0 Å². The zero-order valence-electron chi connectivity index (χ0n) is 14.0. The van der Waals surface area contributed by atoms with Gasteiger partial charge < -0.3 is 19.0 Å². The van der Waals surface area contributed by atoms with E-state index in [9.17, 15) is 9.00 Å². The summed E-state index contributed by atoms with van der Waals surface area (Å²) in [6.07, 6.45) is 1.52. The first-order chi connectivity index (χ1) is 12.6. The van der Waals surface area contributed by atoms with Crippen molar-refractivity contribution in [2.75, 3.05) is 12.9 Å². The van der Waals surface area contributed by atoms with Crippen LogP contribution in [0.5, 0.6) is 5.75 Å². The average Bonchev–Trinajstić information content (AvgIpc) is 3.32. The standard InChI is InChI=1S/C17H17N3O5S/c1-23-13-5-2-4-12(8-13)17-19-16(25-20-17)11-26(22)10-15(21)18-9-14-6-3-7-24-14/h2-8H,9-11H2,1H3,(H,18,21). The minimum absolute atomic E-state index is 0.00510. The number of hydrogen-bond donors (Lipinski definition) is 1. The molecule has 1 amide bonds. The SMILES string of the molecule is COc1cccc(-c2noc(CS(=O)CC(=O)NCc3ccco3)n2)c1. The van der Waals surface area contributed by atoms with E-state index in [0.717, 1.165) is 5.56 Å². The molecule has 2 heterocycles. The molecule has 1 N–H and O–H groups in total. The van der Waals surface area contributed by atoms with Gasteiger partial charge in [0.05, 0.1) is 19.9 Å². The topological polar surface area (TPSA) is 107 Å². The van der Waals surface area contributed by atoms with Crippen LogP contribution in [0.1, 0.15) is 11.7 Å². The number of aromatic nitrogens is 2. The van der Waals surface area contributed by atoms with Crippen molar-refractivity contribution in [3.63, 3.8) is 0 Å². The maximum absolute atomic E-state index is 12.1. The van der Waals surface area contributed by atoms with E-state index < -0.39 is 10.8 Å². The van der Waals surface area contributed by atoms with Gasteiger partial charge in [0, 0.05) is 16.4 Å². The summed E-state index contributed by atoms with van der Waals surface area (Å²) in [5.41, 5.74) is 0.723. The number of rotatable bonds is 8. The van der Waals surface area contributed by atoms with Crippen LogP contribution in [0, 0.1) is 0 Å². The minimum Gasteiger partial charge on any atom is -0.497 e. The van der Waals surface area contributed by atoms with Crippen LogP contribution in [0.4, 0.5) is 0 Å². The van der Waals surface area contributed by atoms with E-state index in [1.54, 1.807) is 31.4 Å². The number of furan rings is 1. The molecule has 8 nitrogen and oxygen atoms in total. The summed E-state index contributed by atoms with van der Waals surface area (Å²) in [6.45, 7) is 0.254. The lowest BCUT2D eigenvalue weighted by Gasteiger charge is -2.02. The summed E-state index contributed by atoms with van der Waals surface area (Å²) in [6, 6.07) is 10.7. The van der Waals surface area contributed by atoms with Crippen LogP contribution >= 0.6 is 0 Å². The van der Waals surface area contributed by atoms with Gasteiger partial charge in [-0.1, -0.05) is 17.3 Å². The molecule has 136 valence electrons. The van der Waals surface area contributed by atoms with Crippen LogP contribution in [0.2, 0.25) is 0 Å². The lowest BCUT2D eigenvalue weighted by molar-refractivity contribution is -0.118. The molecule has 1 aromatic carbocycles. The number of amides is 1. The third kappa shape index (κ3) is 4.79. The lowest BCUT2D eigenvalue weighted by atomic mass is 10.2. The number of carbonyl (C=O) groups excluding carboxylic acids is 1. The van der Waals surface area contributed by atoms with E-state index in [0.29, 0.717) is 17.3 Å². The highest BCUT2D eigenvalue weighted by molar-refractivity contribution is 7.84. The summed E-state index contributed by atoms with van der Waals surface area (Å²) < 4.78 is 27.5. The number of benzene rings is 1. The van der Waals surface area contributed by atoms with Gasteiger partial charge in [-0.2, -0.15) is 4.98 Å². The molecule has 3 rings (SSSR count). The lowest BCUT2D eigenvalue weighted by Crippen LogP contribution is -2.28. The van der Waals surface area contributed by atoms with Crippen LogP contribution in [-0.2, 0) is 27.9 Å². The van der Waals surface area contributed by atoms with E-state index in [-0.39, 0.29) is 29.8 Å². The van der Waals surface area contributed by atoms with Crippen molar-refractivity contribution < 1.29 is 22.7 Å². The number of nitrogens with zero attached hydrogens (tertiary/aromatic N) is 2. The van der Waals surface area contributed by atoms with Crippen molar-refractivity contribution in [1.29, 1.82) is 0 Å². The first-order valence-electron chi connectivity index (χ1n) is 7.75. The van der Waals surface area contributed by atoms with Crippen LogP contribution < -0.4 is 10.1 Å². The Morgan fingerprint density at radius 1 is 1.31 bits per heavy atom. The number of nitrogens with one attached hydrogen (secondary N) is 1.